The van der Waals surface area contributed by atoms with Gasteiger partial charge < -0.3 is 15.5 Å². The second-order valence-electron chi connectivity index (χ2n) is 6.07. The molecule has 0 bridgehead atoms. The van der Waals surface area contributed by atoms with Crippen LogP contribution in [-0.4, -0.2) is 59.9 Å². The van der Waals surface area contributed by atoms with Gasteiger partial charge in [-0.2, -0.15) is 5.10 Å². The minimum Gasteiger partial charge on any atom is -0.357 e. The van der Waals surface area contributed by atoms with Crippen molar-refractivity contribution in [1.82, 2.24) is 25.3 Å². The quantitative estimate of drug-likeness (QED) is 0.369. The highest BCUT2D eigenvalue weighted by molar-refractivity contribution is 5.79. The second-order valence-corrected chi connectivity index (χ2v) is 6.07. The van der Waals surface area contributed by atoms with Crippen LogP contribution in [0.25, 0.3) is 0 Å². The van der Waals surface area contributed by atoms with Gasteiger partial charge in [-0.15, -0.1) is 0 Å². The maximum Gasteiger partial charge on any atom is 0.191 e. The predicted octanol–water partition coefficient (Wildman–Crippen LogP) is 2.18. The van der Waals surface area contributed by atoms with E-state index in [9.17, 15) is 0 Å². The molecule has 0 aliphatic heterocycles. The molecule has 1 heterocycles. The number of aromatic nitrogens is 2. The van der Waals surface area contributed by atoms with E-state index in [1.54, 1.807) is 0 Å². The van der Waals surface area contributed by atoms with Crippen molar-refractivity contribution < 1.29 is 0 Å². The number of aliphatic imine (C=N–C) groups is 1. The van der Waals surface area contributed by atoms with Crippen LogP contribution in [0, 0.1) is 13.8 Å². The van der Waals surface area contributed by atoms with E-state index in [1.165, 1.54) is 5.69 Å². The first-order valence-corrected chi connectivity index (χ1v) is 9.36. The molecule has 0 amide bonds. The Morgan fingerprint density at radius 2 is 1.92 bits per heavy atom. The first-order chi connectivity index (χ1) is 11.6. The van der Waals surface area contributed by atoms with Crippen LogP contribution in [0.1, 0.15) is 45.0 Å². The van der Waals surface area contributed by atoms with E-state index in [4.69, 9.17) is 0 Å². The summed E-state index contributed by atoms with van der Waals surface area (Å²) in [4.78, 5) is 7.11. The lowest BCUT2D eigenvalue weighted by atomic mass is 10.3. The first-order valence-electron chi connectivity index (χ1n) is 9.36. The van der Waals surface area contributed by atoms with E-state index in [0.29, 0.717) is 0 Å². The van der Waals surface area contributed by atoms with Gasteiger partial charge in [-0.3, -0.25) is 9.67 Å². The molecular formula is C18H36N6. The zero-order valence-corrected chi connectivity index (χ0v) is 16.2. The van der Waals surface area contributed by atoms with Crippen molar-refractivity contribution in [3.8, 4) is 0 Å². The number of hydrogen-bond acceptors (Lipinski definition) is 3. The van der Waals surface area contributed by atoms with Crippen molar-refractivity contribution in [3.05, 3.63) is 17.5 Å². The van der Waals surface area contributed by atoms with Crippen molar-refractivity contribution in [2.24, 2.45) is 4.99 Å². The fourth-order valence-corrected chi connectivity index (χ4v) is 2.70. The van der Waals surface area contributed by atoms with E-state index in [2.05, 4.69) is 64.1 Å². The summed E-state index contributed by atoms with van der Waals surface area (Å²) in [5, 5.41) is 11.2. The molecule has 6 nitrogen and oxygen atoms in total. The molecule has 0 unspecified atom stereocenters. The third-order valence-electron chi connectivity index (χ3n) is 4.08. The lowest BCUT2D eigenvalue weighted by molar-refractivity contribution is 0.300. The molecule has 0 atom stereocenters. The van der Waals surface area contributed by atoms with Crippen LogP contribution in [0.4, 0.5) is 0 Å². The molecule has 0 saturated heterocycles. The van der Waals surface area contributed by atoms with Crippen molar-refractivity contribution in [1.29, 1.82) is 0 Å². The van der Waals surface area contributed by atoms with Gasteiger partial charge in [-0.05, 0) is 59.3 Å². The normalized spacial score (nSPS) is 12.0. The van der Waals surface area contributed by atoms with Gasteiger partial charge in [0.15, 0.2) is 5.96 Å². The highest BCUT2D eigenvalue weighted by atomic mass is 15.3. The molecule has 0 fully saturated rings. The fraction of sp³-hybridized carbons (Fsp3) is 0.778. The molecule has 0 radical (unpaired) electrons. The van der Waals surface area contributed by atoms with Gasteiger partial charge in [0, 0.05) is 31.9 Å². The van der Waals surface area contributed by atoms with Crippen LogP contribution >= 0.6 is 0 Å². The van der Waals surface area contributed by atoms with Crippen LogP contribution in [-0.2, 0) is 6.54 Å². The van der Waals surface area contributed by atoms with Crippen molar-refractivity contribution in [2.75, 3.05) is 39.3 Å². The Kier molecular flexibility index (Phi) is 10.2. The van der Waals surface area contributed by atoms with Gasteiger partial charge in [-0.25, -0.2) is 0 Å². The largest absolute Gasteiger partial charge is 0.357 e. The Morgan fingerprint density at radius 1 is 1.17 bits per heavy atom. The highest BCUT2D eigenvalue weighted by Crippen LogP contribution is 2.02. The Bertz CT molecular complexity index is 476. The molecular weight excluding hydrogens is 300 g/mol. The Hall–Kier alpha value is -1.56. The van der Waals surface area contributed by atoms with Gasteiger partial charge in [0.1, 0.15) is 0 Å². The lowest BCUT2D eigenvalue weighted by Gasteiger charge is -2.18. The zero-order chi connectivity index (χ0) is 17.8. The number of nitrogens with zero attached hydrogens (tertiary/aromatic N) is 4. The molecule has 2 N–H and O–H groups in total. The molecule has 0 aliphatic carbocycles. The summed E-state index contributed by atoms with van der Waals surface area (Å²) in [5.74, 6) is 0.922. The number of nitrogens with one attached hydrogen (secondary N) is 2. The molecule has 1 aromatic rings. The molecule has 0 spiro atoms. The zero-order valence-electron chi connectivity index (χ0n) is 16.2. The van der Waals surface area contributed by atoms with Crippen LogP contribution in [0.3, 0.4) is 0 Å². The molecule has 24 heavy (non-hydrogen) atoms. The number of hydrogen-bond donors (Lipinski definition) is 2. The Labute approximate surface area is 147 Å². The van der Waals surface area contributed by atoms with Gasteiger partial charge >= 0.3 is 0 Å². The molecule has 1 rings (SSSR count). The number of rotatable bonds is 11. The smallest absolute Gasteiger partial charge is 0.191 e. The standard InChI is InChI=1S/C18H36N6/c1-6-19-18(20-11-9-13-23(7-2)8-3)21-12-10-14-24-17(5)15-16(4)22-24/h15H,6-14H2,1-5H3,(H2,19,20,21). The second kappa shape index (κ2) is 11.9. The van der Waals surface area contributed by atoms with Gasteiger partial charge in [0.05, 0.1) is 5.69 Å². The summed E-state index contributed by atoms with van der Waals surface area (Å²) in [6, 6.07) is 2.12. The van der Waals surface area contributed by atoms with E-state index in [1.807, 2.05) is 6.92 Å². The van der Waals surface area contributed by atoms with E-state index < -0.39 is 0 Å². The third kappa shape index (κ3) is 7.81. The molecule has 0 saturated carbocycles. The monoisotopic (exact) mass is 336 g/mol. The van der Waals surface area contributed by atoms with Crippen molar-refractivity contribution in [3.63, 3.8) is 0 Å². The molecule has 0 aromatic carbocycles. The number of aryl methyl sites for hydroxylation is 3. The predicted molar refractivity (Wildman–Crippen MR) is 103 cm³/mol. The van der Waals surface area contributed by atoms with Gasteiger partial charge in [-0.1, -0.05) is 13.8 Å². The number of guanidine groups is 1. The van der Waals surface area contributed by atoms with Crippen molar-refractivity contribution >= 4 is 5.96 Å². The SMILES string of the molecule is CCNC(=NCCCn1nc(C)cc1C)NCCCN(CC)CC. The fourth-order valence-electron chi connectivity index (χ4n) is 2.70. The summed E-state index contributed by atoms with van der Waals surface area (Å²) < 4.78 is 2.06. The minimum absolute atomic E-state index is 0.809. The van der Waals surface area contributed by atoms with E-state index in [0.717, 1.165) is 70.3 Å². The maximum atomic E-state index is 4.66. The first kappa shape index (κ1) is 20.5. The summed E-state index contributed by atoms with van der Waals surface area (Å²) in [7, 11) is 0. The van der Waals surface area contributed by atoms with Crippen LogP contribution in [0.15, 0.2) is 11.1 Å². The lowest BCUT2D eigenvalue weighted by Crippen LogP contribution is -2.39. The molecule has 138 valence electrons. The third-order valence-corrected chi connectivity index (χ3v) is 4.08. The van der Waals surface area contributed by atoms with E-state index >= 15 is 0 Å². The summed E-state index contributed by atoms with van der Waals surface area (Å²) >= 11 is 0. The highest BCUT2D eigenvalue weighted by Gasteiger charge is 2.02. The summed E-state index contributed by atoms with van der Waals surface area (Å²) in [6.45, 7) is 17.6. The summed E-state index contributed by atoms with van der Waals surface area (Å²) in [6.07, 6.45) is 2.13. The molecule has 6 heteroatoms. The Morgan fingerprint density at radius 3 is 2.50 bits per heavy atom. The average Bonchev–Trinajstić information content (AvgIpc) is 2.89. The van der Waals surface area contributed by atoms with E-state index in [-0.39, 0.29) is 0 Å². The summed E-state index contributed by atoms with van der Waals surface area (Å²) in [5.41, 5.74) is 2.30. The van der Waals surface area contributed by atoms with Gasteiger partial charge in [0.25, 0.3) is 0 Å². The average molecular weight is 337 g/mol. The van der Waals surface area contributed by atoms with Crippen LogP contribution in [0.5, 0.6) is 0 Å². The molecule has 1 aromatic heterocycles. The minimum atomic E-state index is 0.809. The maximum absolute atomic E-state index is 4.66. The van der Waals surface area contributed by atoms with Crippen molar-refractivity contribution in [2.45, 2.75) is 54.0 Å². The van der Waals surface area contributed by atoms with Crippen LogP contribution < -0.4 is 10.6 Å². The molecule has 0 aliphatic rings. The Balaban J connectivity index is 2.30. The van der Waals surface area contributed by atoms with Gasteiger partial charge in [0.2, 0.25) is 0 Å². The topological polar surface area (TPSA) is 57.5 Å². The van der Waals surface area contributed by atoms with Crippen LogP contribution in [0.2, 0.25) is 0 Å².